The van der Waals surface area contributed by atoms with Crippen LogP contribution >= 0.6 is 0 Å². The third kappa shape index (κ3) is 19.5. The number of nitrogens with one attached hydrogen (secondary N) is 4. The van der Waals surface area contributed by atoms with Crippen LogP contribution in [0.1, 0.15) is 143 Å². The Balaban J connectivity index is 4.25. The molecule has 13 atom stereocenters. The van der Waals surface area contributed by atoms with Crippen molar-refractivity contribution in [3.8, 4) is 0 Å². The van der Waals surface area contributed by atoms with Crippen molar-refractivity contribution in [3.63, 3.8) is 0 Å². The van der Waals surface area contributed by atoms with Gasteiger partial charge in [0.05, 0.1) is 12.6 Å². The molecule has 0 aliphatic carbocycles. The van der Waals surface area contributed by atoms with Crippen LogP contribution in [0.2, 0.25) is 0 Å². The molecule has 0 aromatic heterocycles. The molecule has 1 fully saturated rings. The molecule has 468 valence electrons. The Morgan fingerprint density at radius 2 is 0.988 bits per heavy atom. The summed E-state index contributed by atoms with van der Waals surface area (Å²) in [7, 11) is 9.83. The number of aliphatic hydroxyl groups is 1. The van der Waals surface area contributed by atoms with Gasteiger partial charge in [0.15, 0.2) is 0 Å². The first-order valence-corrected chi connectivity index (χ1v) is 29.2. The van der Waals surface area contributed by atoms with Gasteiger partial charge in [-0.05, 0) is 88.9 Å². The Morgan fingerprint density at radius 3 is 1.45 bits per heavy atom. The van der Waals surface area contributed by atoms with E-state index >= 15 is 9.59 Å². The molecule has 82 heavy (non-hydrogen) atoms. The third-order valence-corrected chi connectivity index (χ3v) is 16.0. The molecule has 0 bridgehead atoms. The fraction of sp³-hybridized carbons (Fsp3) is 0.780. The zero-order valence-corrected chi connectivity index (χ0v) is 53.8. The van der Waals surface area contributed by atoms with Crippen LogP contribution in [0, 0.1) is 35.5 Å². The Bertz CT molecular complexity index is 2260. The Labute approximate surface area is 489 Å². The zero-order valence-electron chi connectivity index (χ0n) is 53.8. The number of hydrogen-bond acceptors (Lipinski definition) is 12. The molecule has 1 heterocycles. The van der Waals surface area contributed by atoms with Crippen LogP contribution in [0.15, 0.2) is 12.2 Å². The van der Waals surface area contributed by atoms with Crippen LogP contribution in [0.4, 0.5) is 0 Å². The summed E-state index contributed by atoms with van der Waals surface area (Å²) >= 11 is 0. The van der Waals surface area contributed by atoms with Gasteiger partial charge in [-0.3, -0.25) is 52.7 Å². The molecule has 0 aromatic rings. The van der Waals surface area contributed by atoms with E-state index in [2.05, 4.69) is 21.3 Å². The number of carbonyl (C=O) groups excluding carboxylic acids is 11. The first kappa shape index (κ1) is 73.9. The van der Waals surface area contributed by atoms with Gasteiger partial charge in [-0.25, -0.2) is 0 Å². The molecule has 1 rings (SSSR count). The molecular formula is C59H105N11O12. The lowest BCUT2D eigenvalue weighted by Gasteiger charge is -2.41. The van der Waals surface area contributed by atoms with E-state index in [9.17, 15) is 48.3 Å². The van der Waals surface area contributed by atoms with E-state index in [1.165, 1.54) is 89.7 Å². The largest absolute Gasteiger partial charge is 0.390 e. The Morgan fingerprint density at radius 1 is 0.512 bits per heavy atom. The van der Waals surface area contributed by atoms with Crippen molar-refractivity contribution >= 4 is 65.0 Å². The predicted molar refractivity (Wildman–Crippen MR) is 315 cm³/mol. The van der Waals surface area contributed by atoms with Gasteiger partial charge in [-0.2, -0.15) is 0 Å². The van der Waals surface area contributed by atoms with Crippen LogP contribution in [0.3, 0.4) is 0 Å². The van der Waals surface area contributed by atoms with Crippen LogP contribution in [-0.2, 0) is 52.7 Å². The number of amides is 11. The van der Waals surface area contributed by atoms with Crippen molar-refractivity contribution in [1.82, 2.24) is 55.6 Å². The smallest absolute Gasteiger partial charge is 0.246 e. The normalized spacial score (nSPS) is 27.7. The van der Waals surface area contributed by atoms with Crippen molar-refractivity contribution in [2.75, 3.05) is 55.9 Å². The number of aliphatic hydroxyl groups excluding tert-OH is 1. The lowest BCUT2D eigenvalue weighted by atomic mass is 9.91. The van der Waals surface area contributed by atoms with E-state index in [1.54, 1.807) is 67.5 Å². The van der Waals surface area contributed by atoms with E-state index in [1.807, 2.05) is 34.6 Å². The molecule has 11 amide bonds. The first-order chi connectivity index (χ1) is 37.9. The highest BCUT2D eigenvalue weighted by atomic mass is 16.3. The van der Waals surface area contributed by atoms with Crippen LogP contribution < -0.4 is 21.3 Å². The van der Waals surface area contributed by atoms with Crippen molar-refractivity contribution in [1.29, 1.82) is 0 Å². The minimum Gasteiger partial charge on any atom is -0.390 e. The van der Waals surface area contributed by atoms with Crippen molar-refractivity contribution in [2.45, 2.75) is 209 Å². The third-order valence-electron chi connectivity index (χ3n) is 16.0. The quantitative estimate of drug-likeness (QED) is 0.166. The SMILES string of the molecule is C/C=C/C[C@@H](C)[C@@H](O)[C@H]1C(=O)N[C@@H](CC)C(=O)N(C)CC(=O)N(C)[C@@H](C(C)CC)C(=O)N[C@@H](C(C)C)C(=O)N(C)[C@@H](C)C(=O)N[C@@H](C)C(=O)N[C@H](C)C(=O)N(C)[C@@H](CC(C)C)C(=O)N(C)[C@H](CC(C)C)C(=O)N(C)[C@@H](C(C)C)C(=O)N1C. The van der Waals surface area contributed by atoms with Gasteiger partial charge in [0, 0.05) is 49.3 Å². The number of carbonyl (C=O) groups is 11. The van der Waals surface area contributed by atoms with E-state index < -0.39 is 162 Å². The monoisotopic (exact) mass is 1160 g/mol. The van der Waals surface area contributed by atoms with Crippen LogP contribution in [-0.4, -0.2) is 227 Å². The standard InChI is InChI=1S/C59H105N11O12/c1-24-27-28-37(13)49(72)48-53(76)62-41(26-3)55(78)64(17)31-44(71)68(21)47(36(12)25-2)52(75)63-45(34(8)9)58(81)65(18)40(16)51(74)60-38(14)50(73)61-39(15)54(77)66(19)42(29-32(4)5)56(79)67(20)43(30-33(6)7)57(80)69(22)46(35(10)11)59(82)70(48)23/h24,27,32-43,45-49,72H,25-26,28-31H2,1-23H3,(H,60,74)(H,61,73)(H,62,76)(H,63,75)/b27-24+/t36?,37-,38+,39-,40+,41+,42+,43-,45+,46+,47+,48+,49-/m1/s1. The number of hydrogen-bond donors (Lipinski definition) is 5. The highest BCUT2D eigenvalue weighted by molar-refractivity contribution is 5.99. The van der Waals surface area contributed by atoms with E-state index in [0.29, 0.717) is 12.8 Å². The number of allylic oxidation sites excluding steroid dienone is 2. The van der Waals surface area contributed by atoms with Gasteiger partial charge in [0.25, 0.3) is 0 Å². The average molecular weight is 1160 g/mol. The molecule has 1 saturated heterocycles. The van der Waals surface area contributed by atoms with Crippen molar-refractivity contribution in [3.05, 3.63) is 12.2 Å². The molecule has 0 aromatic carbocycles. The van der Waals surface area contributed by atoms with Gasteiger partial charge >= 0.3 is 0 Å². The molecule has 5 N–H and O–H groups in total. The predicted octanol–water partition coefficient (Wildman–Crippen LogP) is 2.24. The number of nitrogens with zero attached hydrogens (tertiary/aromatic N) is 7. The fourth-order valence-corrected chi connectivity index (χ4v) is 10.2. The highest BCUT2D eigenvalue weighted by Gasteiger charge is 2.45. The molecule has 0 radical (unpaired) electrons. The maximum absolute atomic E-state index is 15.1. The summed E-state index contributed by atoms with van der Waals surface area (Å²) in [6.07, 6.45) is 3.15. The van der Waals surface area contributed by atoms with E-state index in [4.69, 9.17) is 0 Å². The summed E-state index contributed by atoms with van der Waals surface area (Å²) in [5.74, 6) is -10.00. The van der Waals surface area contributed by atoms with E-state index in [-0.39, 0.29) is 31.1 Å². The van der Waals surface area contributed by atoms with Crippen LogP contribution in [0.25, 0.3) is 0 Å². The second kappa shape index (κ2) is 33.2. The van der Waals surface area contributed by atoms with Crippen molar-refractivity contribution in [2.24, 2.45) is 35.5 Å². The Kier molecular flexibility index (Phi) is 29.9. The molecule has 23 heteroatoms. The Hall–Kier alpha value is -6.13. The first-order valence-electron chi connectivity index (χ1n) is 29.2. The minimum atomic E-state index is -1.61. The summed E-state index contributed by atoms with van der Waals surface area (Å²) in [6.45, 7) is 26.8. The van der Waals surface area contributed by atoms with Gasteiger partial charge in [0.1, 0.15) is 60.4 Å². The summed E-state index contributed by atoms with van der Waals surface area (Å²) < 4.78 is 0. The molecule has 23 nitrogen and oxygen atoms in total. The highest BCUT2D eigenvalue weighted by Crippen LogP contribution is 2.25. The summed E-state index contributed by atoms with van der Waals surface area (Å²) in [5, 5.41) is 22.8. The number of likely N-dealkylation sites (N-methyl/N-ethyl adjacent to an activating group) is 7. The molecule has 0 spiro atoms. The maximum Gasteiger partial charge on any atom is 0.246 e. The molecule has 1 unspecified atom stereocenters. The van der Waals surface area contributed by atoms with E-state index in [0.717, 1.165) is 14.7 Å². The fourth-order valence-electron chi connectivity index (χ4n) is 10.2. The topological polar surface area (TPSA) is 279 Å². The zero-order chi connectivity index (χ0) is 63.7. The molecule has 1 aliphatic heterocycles. The minimum absolute atomic E-state index is 0.0230. The van der Waals surface area contributed by atoms with Gasteiger partial charge in [-0.15, -0.1) is 0 Å². The van der Waals surface area contributed by atoms with Crippen LogP contribution in [0.5, 0.6) is 0 Å². The second-order valence-corrected chi connectivity index (χ2v) is 24.3. The lowest BCUT2D eigenvalue weighted by molar-refractivity contribution is -0.157. The number of rotatable bonds is 13. The van der Waals surface area contributed by atoms with Gasteiger partial charge in [-0.1, -0.05) is 102 Å². The lowest BCUT2D eigenvalue weighted by Crippen LogP contribution is -2.63. The summed E-state index contributed by atoms with van der Waals surface area (Å²) in [6, 6.07) is -12.3. The summed E-state index contributed by atoms with van der Waals surface area (Å²) in [4.78, 5) is 167. The maximum atomic E-state index is 15.1. The van der Waals surface area contributed by atoms with Gasteiger partial charge in [0.2, 0.25) is 65.0 Å². The average Bonchev–Trinajstić information content (AvgIpc) is 3.55. The van der Waals surface area contributed by atoms with Gasteiger partial charge < -0.3 is 60.7 Å². The van der Waals surface area contributed by atoms with Crippen molar-refractivity contribution < 1.29 is 57.8 Å². The molecular weight excluding hydrogens is 1050 g/mol. The molecule has 0 saturated carbocycles. The summed E-state index contributed by atoms with van der Waals surface area (Å²) in [5.41, 5.74) is 0. The molecule has 1 aliphatic rings. The second-order valence-electron chi connectivity index (χ2n) is 24.3.